The lowest BCUT2D eigenvalue weighted by atomic mass is 10.1. The molecule has 0 spiro atoms. The fraction of sp³-hybridized carbons (Fsp3) is 0.103. The molecule has 0 aliphatic heterocycles. The highest BCUT2D eigenvalue weighted by atomic mass is 35.5. The van der Waals surface area contributed by atoms with Crippen molar-refractivity contribution in [2.75, 3.05) is 10.6 Å². The highest BCUT2D eigenvalue weighted by molar-refractivity contribution is 8.00. The molecule has 0 fully saturated rings. The number of hydrogen-bond acceptors (Lipinski definition) is 3. The van der Waals surface area contributed by atoms with Crippen molar-refractivity contribution in [2.24, 2.45) is 0 Å². The van der Waals surface area contributed by atoms with E-state index in [2.05, 4.69) is 10.6 Å². The molecule has 4 aromatic carbocycles. The Balaban J connectivity index is 1.51. The summed E-state index contributed by atoms with van der Waals surface area (Å²) in [5, 5.41) is 6.10. The van der Waals surface area contributed by atoms with E-state index in [1.165, 1.54) is 11.8 Å². The van der Waals surface area contributed by atoms with E-state index < -0.39 is 5.25 Å². The topological polar surface area (TPSA) is 58.2 Å². The molecule has 2 N–H and O–H groups in total. The molecule has 1 atom stereocenters. The standard InChI is InChI=1S/C29H25ClN2O2S/c1-19-9-6-7-12-24(19)28(33)31-22-15-17-23(18-16-22)35-27(21-10-4-3-5-11-21)29(34)32-26-14-8-13-25(30)20(26)2/h3-18,27H,1-2H3,(H,31,33)(H,32,34). The first-order chi connectivity index (χ1) is 16.9. The number of thioether (sulfide) groups is 1. The Bertz CT molecular complexity index is 1340. The van der Waals surface area contributed by atoms with E-state index in [-0.39, 0.29) is 11.8 Å². The average molecular weight is 501 g/mol. The third-order valence-corrected chi connectivity index (χ3v) is 7.30. The predicted octanol–water partition coefficient (Wildman–Crippen LogP) is 7.68. The van der Waals surface area contributed by atoms with Gasteiger partial charge in [-0.25, -0.2) is 0 Å². The molecular formula is C29H25ClN2O2S. The highest BCUT2D eigenvalue weighted by Crippen LogP contribution is 2.37. The molecule has 4 rings (SSSR count). The molecule has 0 heterocycles. The number of halogens is 1. The number of rotatable bonds is 7. The van der Waals surface area contributed by atoms with Gasteiger partial charge in [0.25, 0.3) is 5.91 Å². The van der Waals surface area contributed by atoms with Crippen molar-refractivity contribution in [3.63, 3.8) is 0 Å². The molecule has 176 valence electrons. The average Bonchev–Trinajstić information content (AvgIpc) is 2.87. The number of anilines is 2. The van der Waals surface area contributed by atoms with E-state index in [1.807, 2.05) is 98.8 Å². The molecule has 0 radical (unpaired) electrons. The van der Waals surface area contributed by atoms with Crippen molar-refractivity contribution in [3.8, 4) is 0 Å². The largest absolute Gasteiger partial charge is 0.325 e. The summed E-state index contributed by atoms with van der Waals surface area (Å²) in [7, 11) is 0. The van der Waals surface area contributed by atoms with Crippen LogP contribution in [0.2, 0.25) is 5.02 Å². The Kier molecular flexibility index (Phi) is 7.91. The van der Waals surface area contributed by atoms with Crippen molar-refractivity contribution in [1.29, 1.82) is 0 Å². The molecule has 2 amide bonds. The lowest BCUT2D eigenvalue weighted by molar-refractivity contribution is -0.115. The lowest BCUT2D eigenvalue weighted by Crippen LogP contribution is -2.19. The Labute approximate surface area is 214 Å². The van der Waals surface area contributed by atoms with Gasteiger partial charge in [-0.05, 0) is 73.0 Å². The SMILES string of the molecule is Cc1ccccc1C(=O)Nc1ccc(SC(C(=O)Nc2cccc(Cl)c2C)c2ccccc2)cc1. The summed E-state index contributed by atoms with van der Waals surface area (Å²) in [6.07, 6.45) is 0. The number of carbonyl (C=O) groups is 2. The van der Waals surface area contributed by atoms with Gasteiger partial charge >= 0.3 is 0 Å². The van der Waals surface area contributed by atoms with Crippen LogP contribution in [0.15, 0.2) is 102 Å². The zero-order valence-corrected chi connectivity index (χ0v) is 21.0. The molecule has 0 bridgehead atoms. The molecule has 6 heteroatoms. The Morgan fingerprint density at radius 1 is 0.771 bits per heavy atom. The van der Waals surface area contributed by atoms with Crippen LogP contribution in [-0.2, 0) is 4.79 Å². The molecule has 0 aliphatic carbocycles. The number of benzene rings is 4. The minimum absolute atomic E-state index is 0.136. The van der Waals surface area contributed by atoms with Crippen LogP contribution < -0.4 is 10.6 Å². The van der Waals surface area contributed by atoms with E-state index in [0.717, 1.165) is 21.6 Å². The van der Waals surface area contributed by atoms with Gasteiger partial charge in [0.15, 0.2) is 0 Å². The van der Waals surface area contributed by atoms with Gasteiger partial charge in [-0.1, -0.05) is 66.2 Å². The molecular weight excluding hydrogens is 476 g/mol. The summed E-state index contributed by atoms with van der Waals surface area (Å²) >= 11 is 7.68. The molecule has 1 unspecified atom stereocenters. The third-order valence-electron chi connectivity index (χ3n) is 5.62. The van der Waals surface area contributed by atoms with Gasteiger partial charge in [-0.2, -0.15) is 0 Å². The van der Waals surface area contributed by atoms with Crippen LogP contribution in [0.5, 0.6) is 0 Å². The van der Waals surface area contributed by atoms with Gasteiger partial charge in [-0.3, -0.25) is 9.59 Å². The van der Waals surface area contributed by atoms with Gasteiger partial charge in [0.05, 0.1) is 0 Å². The molecule has 35 heavy (non-hydrogen) atoms. The zero-order chi connectivity index (χ0) is 24.8. The van der Waals surface area contributed by atoms with Crippen LogP contribution in [0.3, 0.4) is 0 Å². The van der Waals surface area contributed by atoms with E-state index in [0.29, 0.717) is 22.0 Å². The third kappa shape index (κ3) is 6.13. The minimum atomic E-state index is -0.470. The molecule has 4 nitrogen and oxygen atoms in total. The number of nitrogens with one attached hydrogen (secondary N) is 2. The molecule has 0 saturated carbocycles. The maximum absolute atomic E-state index is 13.4. The van der Waals surface area contributed by atoms with Gasteiger partial charge in [0.1, 0.15) is 5.25 Å². The van der Waals surface area contributed by atoms with Crippen LogP contribution in [0, 0.1) is 13.8 Å². The molecule has 0 aliphatic rings. The van der Waals surface area contributed by atoms with Crippen LogP contribution in [0.1, 0.15) is 32.3 Å². The van der Waals surface area contributed by atoms with Crippen LogP contribution in [0.25, 0.3) is 0 Å². The lowest BCUT2D eigenvalue weighted by Gasteiger charge is -2.18. The molecule has 0 saturated heterocycles. The first-order valence-corrected chi connectivity index (χ1v) is 12.4. The normalized spacial score (nSPS) is 11.5. The first-order valence-electron chi connectivity index (χ1n) is 11.2. The summed E-state index contributed by atoms with van der Waals surface area (Å²) in [6.45, 7) is 3.79. The second kappa shape index (κ2) is 11.3. The summed E-state index contributed by atoms with van der Waals surface area (Å²) < 4.78 is 0. The van der Waals surface area contributed by atoms with Crippen molar-refractivity contribution in [3.05, 3.63) is 124 Å². The first kappa shape index (κ1) is 24.6. The summed E-state index contributed by atoms with van der Waals surface area (Å²) in [5.41, 5.74) is 4.67. The maximum atomic E-state index is 13.4. The van der Waals surface area contributed by atoms with E-state index in [9.17, 15) is 9.59 Å². The quantitative estimate of drug-likeness (QED) is 0.256. The van der Waals surface area contributed by atoms with Crippen LogP contribution >= 0.6 is 23.4 Å². The number of carbonyl (C=O) groups excluding carboxylic acids is 2. The number of amides is 2. The van der Waals surface area contributed by atoms with E-state index >= 15 is 0 Å². The Hall–Kier alpha value is -3.54. The second-order valence-corrected chi connectivity index (χ2v) is 9.69. The summed E-state index contributed by atoms with van der Waals surface area (Å²) in [5.74, 6) is -0.287. The second-order valence-electron chi connectivity index (χ2n) is 8.10. The van der Waals surface area contributed by atoms with Gasteiger partial charge in [0.2, 0.25) is 5.91 Å². The van der Waals surface area contributed by atoms with Crippen molar-refractivity contribution in [2.45, 2.75) is 24.0 Å². The summed E-state index contributed by atoms with van der Waals surface area (Å²) in [6, 6.07) is 30.1. The van der Waals surface area contributed by atoms with Crippen LogP contribution in [0.4, 0.5) is 11.4 Å². The number of aryl methyl sites for hydroxylation is 1. The van der Waals surface area contributed by atoms with Crippen molar-refractivity contribution < 1.29 is 9.59 Å². The van der Waals surface area contributed by atoms with Crippen LogP contribution in [-0.4, -0.2) is 11.8 Å². The zero-order valence-electron chi connectivity index (χ0n) is 19.4. The van der Waals surface area contributed by atoms with Crippen molar-refractivity contribution >= 4 is 46.6 Å². The highest BCUT2D eigenvalue weighted by Gasteiger charge is 2.23. The Morgan fingerprint density at radius 2 is 1.46 bits per heavy atom. The summed E-state index contributed by atoms with van der Waals surface area (Å²) in [4.78, 5) is 26.9. The molecule has 0 aromatic heterocycles. The fourth-order valence-corrected chi connectivity index (χ4v) is 4.82. The Morgan fingerprint density at radius 3 is 2.17 bits per heavy atom. The number of hydrogen-bond donors (Lipinski definition) is 2. The smallest absolute Gasteiger partial charge is 0.255 e. The maximum Gasteiger partial charge on any atom is 0.255 e. The minimum Gasteiger partial charge on any atom is -0.325 e. The van der Waals surface area contributed by atoms with Crippen molar-refractivity contribution in [1.82, 2.24) is 0 Å². The van der Waals surface area contributed by atoms with Gasteiger partial charge in [0, 0.05) is 26.9 Å². The van der Waals surface area contributed by atoms with Gasteiger partial charge in [-0.15, -0.1) is 11.8 Å². The van der Waals surface area contributed by atoms with E-state index in [4.69, 9.17) is 11.6 Å². The van der Waals surface area contributed by atoms with E-state index in [1.54, 1.807) is 12.1 Å². The van der Waals surface area contributed by atoms with Gasteiger partial charge < -0.3 is 10.6 Å². The predicted molar refractivity (Wildman–Crippen MR) is 145 cm³/mol. The molecule has 4 aromatic rings. The fourth-order valence-electron chi connectivity index (χ4n) is 3.62. The monoisotopic (exact) mass is 500 g/mol.